The minimum absolute atomic E-state index is 0.0565. The molecule has 1 saturated heterocycles. The number of hydrogen-bond donors (Lipinski definition) is 1. The van der Waals surface area contributed by atoms with Crippen molar-refractivity contribution in [1.82, 2.24) is 0 Å². The quantitative estimate of drug-likeness (QED) is 0.167. The van der Waals surface area contributed by atoms with Crippen LogP contribution in [0.15, 0.2) is 47.4 Å². The second-order valence-electron chi connectivity index (χ2n) is 12.7. The lowest BCUT2D eigenvalue weighted by molar-refractivity contribution is -0.187. The summed E-state index contributed by atoms with van der Waals surface area (Å²) in [6, 6.07) is 10.7. The fraction of sp³-hybridized carbons (Fsp3) is 0.486. The van der Waals surface area contributed by atoms with Gasteiger partial charge in [-0.05, 0) is 85.6 Å². The van der Waals surface area contributed by atoms with E-state index in [1.165, 1.54) is 13.0 Å². The van der Waals surface area contributed by atoms with E-state index in [4.69, 9.17) is 43.0 Å². The first kappa shape index (κ1) is 45.6. The molecule has 20 heteroatoms. The summed E-state index contributed by atoms with van der Waals surface area (Å²) in [6.45, 7) is 9.60. The van der Waals surface area contributed by atoms with E-state index in [1.807, 2.05) is 4.90 Å². The van der Waals surface area contributed by atoms with E-state index in [9.17, 15) is 42.0 Å². The molecule has 0 aliphatic carbocycles. The molecule has 0 aromatic heterocycles. The Morgan fingerprint density at radius 1 is 0.632 bits per heavy atom. The highest BCUT2D eigenvalue weighted by atomic mass is 32.2. The summed E-state index contributed by atoms with van der Waals surface area (Å²) in [7, 11) is -4.46. The third-order valence-electron chi connectivity index (χ3n) is 8.01. The van der Waals surface area contributed by atoms with E-state index < -0.39 is 93.3 Å². The van der Waals surface area contributed by atoms with Gasteiger partial charge in [0.05, 0.1) is 17.9 Å². The molecule has 1 heterocycles. The molecule has 2 aromatic carbocycles. The smallest absolute Gasteiger partial charge is 0.348 e. The molecule has 6 unspecified atom stereocenters. The summed E-state index contributed by atoms with van der Waals surface area (Å²) < 4.78 is 66.3. The van der Waals surface area contributed by atoms with Gasteiger partial charge in [0, 0.05) is 13.1 Å². The van der Waals surface area contributed by atoms with Crippen LogP contribution in [0.1, 0.15) is 71.7 Å². The number of nitrogens with two attached hydrogens (primary N) is 1. The molecule has 0 saturated carbocycles. The normalized spacial score (nSPS) is 15.7. The van der Waals surface area contributed by atoms with Crippen LogP contribution in [0, 0.1) is 0 Å². The van der Waals surface area contributed by atoms with Crippen molar-refractivity contribution in [2.45, 2.75) is 103 Å². The maximum absolute atomic E-state index is 13.3. The molecule has 312 valence electrons. The maximum Gasteiger partial charge on any atom is 0.348 e. The van der Waals surface area contributed by atoms with Crippen LogP contribution < -0.4 is 14.8 Å². The Morgan fingerprint density at radius 2 is 1.04 bits per heavy atom. The summed E-state index contributed by atoms with van der Waals surface area (Å²) in [5.74, 6) is -7.54. The Labute approximate surface area is 329 Å². The number of benzene rings is 2. The van der Waals surface area contributed by atoms with Crippen molar-refractivity contribution in [3.63, 3.8) is 0 Å². The Hall–Kier alpha value is -5.76. The number of anilines is 1. The highest BCUT2D eigenvalue weighted by Gasteiger charge is 2.33. The van der Waals surface area contributed by atoms with Crippen LogP contribution in [0.2, 0.25) is 0 Å². The van der Waals surface area contributed by atoms with E-state index in [1.54, 1.807) is 37.3 Å². The monoisotopic (exact) mass is 822 g/mol. The molecule has 0 spiro atoms. The molecule has 19 nitrogen and oxygen atoms in total. The number of para-hydroxylation sites is 1. The molecule has 3 rings (SSSR count). The first-order valence-corrected chi connectivity index (χ1v) is 19.4. The van der Waals surface area contributed by atoms with Gasteiger partial charge in [-0.1, -0.05) is 18.2 Å². The predicted molar refractivity (Wildman–Crippen MR) is 195 cm³/mol. The molecule has 1 aliphatic rings. The molecule has 0 amide bonds. The number of carbonyl (C=O) groups is 7. The highest BCUT2D eigenvalue weighted by molar-refractivity contribution is 7.89. The number of esters is 7. The summed E-state index contributed by atoms with van der Waals surface area (Å²) >= 11 is 0. The number of primary sulfonamides is 1. The zero-order valence-electron chi connectivity index (χ0n) is 32.4. The molecule has 2 N–H and O–H groups in total. The number of hydrogen-bond acceptors (Lipinski definition) is 18. The SMILES string of the molecule is CCOC(=O)C(C)OC(=O)C(C)OC(=O)C(C)OC(=O)C(C)OC(=O)C(C)OC(=O)C(C)OC(=O)c1cc(N2CCCC2)c(Oc2ccccc2)c(S(N)(=O)=O)c1. The standard InChI is InChI=1S/C37H46N2O17S/c1-8-49-31(40)20(2)50-32(41)21(3)51-33(42)22(4)52-34(43)23(5)53-35(44)24(6)54-36(45)25(7)55-37(46)26-18-28(39-16-12-13-17-39)30(29(19-26)57(38,47)48)56-27-14-10-9-11-15-27/h9-11,14-15,18-25H,8,12-13,16-17H2,1-7H3,(H2,38,47,48). The van der Waals surface area contributed by atoms with Crippen molar-refractivity contribution in [3.05, 3.63) is 48.0 Å². The highest BCUT2D eigenvalue weighted by Crippen LogP contribution is 2.40. The Kier molecular flexibility index (Phi) is 16.3. The molecule has 57 heavy (non-hydrogen) atoms. The fourth-order valence-corrected chi connectivity index (χ4v) is 5.64. The van der Waals surface area contributed by atoms with Crippen LogP contribution in [0.25, 0.3) is 0 Å². The third kappa shape index (κ3) is 13.2. The van der Waals surface area contributed by atoms with Gasteiger partial charge in [0.15, 0.2) is 42.4 Å². The number of rotatable bonds is 18. The van der Waals surface area contributed by atoms with Crippen molar-refractivity contribution >= 4 is 57.5 Å². The zero-order valence-corrected chi connectivity index (χ0v) is 33.2. The van der Waals surface area contributed by atoms with Crippen LogP contribution >= 0.6 is 0 Å². The van der Waals surface area contributed by atoms with Gasteiger partial charge < -0.3 is 42.8 Å². The Balaban J connectivity index is 1.59. The molecule has 2 aromatic rings. The van der Waals surface area contributed by atoms with Crippen molar-refractivity contribution < 1.29 is 79.9 Å². The predicted octanol–water partition coefficient (Wildman–Crippen LogP) is 2.49. The van der Waals surface area contributed by atoms with Crippen LogP contribution in [-0.2, 0) is 71.9 Å². The van der Waals surface area contributed by atoms with Crippen LogP contribution in [0.3, 0.4) is 0 Å². The summed E-state index contributed by atoms with van der Waals surface area (Å²) in [6.07, 6.45) is -7.63. The Morgan fingerprint density at radius 3 is 1.44 bits per heavy atom. The van der Waals surface area contributed by atoms with Gasteiger partial charge in [-0.2, -0.15) is 0 Å². The lowest BCUT2D eigenvalue weighted by atomic mass is 10.1. The van der Waals surface area contributed by atoms with E-state index >= 15 is 0 Å². The minimum Gasteiger partial charge on any atom is -0.463 e. The van der Waals surface area contributed by atoms with Gasteiger partial charge in [0.2, 0.25) is 10.0 Å². The van der Waals surface area contributed by atoms with E-state index in [0.29, 0.717) is 18.8 Å². The molecular weight excluding hydrogens is 776 g/mol. The topological polar surface area (TPSA) is 257 Å². The average molecular weight is 823 g/mol. The first-order chi connectivity index (χ1) is 26.7. The van der Waals surface area contributed by atoms with Crippen LogP contribution in [0.5, 0.6) is 11.5 Å². The van der Waals surface area contributed by atoms with Gasteiger partial charge in [0.1, 0.15) is 10.6 Å². The molecule has 0 bridgehead atoms. The zero-order chi connectivity index (χ0) is 42.6. The Bertz CT molecular complexity index is 1910. The van der Waals surface area contributed by atoms with Crippen molar-refractivity contribution in [3.8, 4) is 11.5 Å². The maximum atomic E-state index is 13.3. The van der Waals surface area contributed by atoms with Crippen molar-refractivity contribution in [2.75, 3.05) is 24.6 Å². The molecule has 1 aliphatic heterocycles. The van der Waals surface area contributed by atoms with Gasteiger partial charge >= 0.3 is 41.8 Å². The van der Waals surface area contributed by atoms with E-state index in [-0.39, 0.29) is 23.6 Å². The lowest BCUT2D eigenvalue weighted by Gasteiger charge is -2.24. The number of sulfonamides is 1. The molecular formula is C37H46N2O17S. The minimum atomic E-state index is -4.46. The lowest BCUT2D eigenvalue weighted by Crippen LogP contribution is -2.39. The fourth-order valence-electron chi connectivity index (χ4n) is 4.95. The largest absolute Gasteiger partial charge is 0.463 e. The van der Waals surface area contributed by atoms with E-state index in [2.05, 4.69) is 0 Å². The van der Waals surface area contributed by atoms with Gasteiger partial charge in [0.25, 0.3) is 0 Å². The van der Waals surface area contributed by atoms with Gasteiger partial charge in [-0.3, -0.25) is 0 Å². The second-order valence-corrected chi connectivity index (χ2v) is 14.2. The first-order valence-electron chi connectivity index (χ1n) is 17.8. The summed E-state index contributed by atoms with van der Waals surface area (Å²) in [5.41, 5.74) is -0.00557. The average Bonchev–Trinajstić information content (AvgIpc) is 3.69. The number of carbonyl (C=O) groups excluding carboxylic acids is 7. The second kappa shape index (κ2) is 20.4. The molecule has 1 fully saturated rings. The molecule has 6 atom stereocenters. The van der Waals surface area contributed by atoms with Crippen LogP contribution in [-0.4, -0.2) is 107 Å². The van der Waals surface area contributed by atoms with E-state index in [0.717, 1.165) is 53.5 Å². The molecule has 0 radical (unpaired) electrons. The number of ether oxygens (including phenoxy) is 8. The summed E-state index contributed by atoms with van der Waals surface area (Å²) in [5, 5.41) is 5.55. The van der Waals surface area contributed by atoms with Crippen molar-refractivity contribution in [2.24, 2.45) is 5.14 Å². The van der Waals surface area contributed by atoms with Crippen molar-refractivity contribution in [1.29, 1.82) is 0 Å². The third-order valence-corrected chi connectivity index (χ3v) is 8.93. The number of nitrogens with zero attached hydrogens (tertiary/aromatic N) is 1. The van der Waals surface area contributed by atoms with Crippen LogP contribution in [0.4, 0.5) is 5.69 Å². The van der Waals surface area contributed by atoms with Gasteiger partial charge in [-0.25, -0.2) is 47.1 Å². The van der Waals surface area contributed by atoms with Gasteiger partial charge in [-0.15, -0.1) is 0 Å². The summed E-state index contributed by atoms with van der Waals surface area (Å²) in [4.78, 5) is 88.9.